The fourth-order valence-corrected chi connectivity index (χ4v) is 4.37. The summed E-state index contributed by atoms with van der Waals surface area (Å²) < 4.78 is 5.16. The van der Waals surface area contributed by atoms with Crippen molar-refractivity contribution in [1.29, 1.82) is 0 Å². The van der Waals surface area contributed by atoms with Crippen molar-refractivity contribution in [2.24, 2.45) is 5.92 Å². The molecule has 0 aromatic rings. The molecule has 32 heavy (non-hydrogen) atoms. The van der Waals surface area contributed by atoms with Gasteiger partial charge in [-0.2, -0.15) is 0 Å². The molecule has 0 aliphatic heterocycles. The molecule has 0 aromatic carbocycles. The molecule has 0 saturated heterocycles. The van der Waals surface area contributed by atoms with Crippen molar-refractivity contribution in [3.8, 4) is 0 Å². The Bertz CT molecular complexity index is 386. The third-order valence-electron chi connectivity index (χ3n) is 6.53. The molecule has 0 bridgehead atoms. The Kier molecular flexibility index (Phi) is 24.5. The molecule has 0 saturated carbocycles. The van der Waals surface area contributed by atoms with Crippen LogP contribution in [0.15, 0.2) is 0 Å². The summed E-state index contributed by atoms with van der Waals surface area (Å²) in [7, 11) is 0. The Morgan fingerprint density at radius 3 is 1.41 bits per heavy atom. The van der Waals surface area contributed by atoms with E-state index >= 15 is 0 Å². The maximum atomic E-state index is 12.2. The van der Waals surface area contributed by atoms with Crippen molar-refractivity contribution < 1.29 is 19.7 Å². The Balaban J connectivity index is 4.01. The highest BCUT2D eigenvalue weighted by molar-refractivity contribution is 5.69. The minimum absolute atomic E-state index is 0.0991. The highest BCUT2D eigenvalue weighted by Gasteiger charge is 2.16. The number of ether oxygens (including phenoxy) is 1. The molecule has 0 radical (unpaired) electrons. The van der Waals surface area contributed by atoms with Crippen LogP contribution < -0.4 is 0 Å². The van der Waals surface area contributed by atoms with Crippen molar-refractivity contribution in [3.63, 3.8) is 0 Å². The van der Waals surface area contributed by atoms with Gasteiger partial charge in [0.1, 0.15) is 12.7 Å². The number of hydrogen-bond donors (Lipinski definition) is 2. The minimum Gasteiger partial charge on any atom is -0.463 e. The molecule has 2 atom stereocenters. The summed E-state index contributed by atoms with van der Waals surface area (Å²) >= 11 is 0. The van der Waals surface area contributed by atoms with Gasteiger partial charge < -0.3 is 14.9 Å². The number of rotatable bonds is 25. The third-order valence-corrected chi connectivity index (χ3v) is 6.53. The first-order valence-electron chi connectivity index (χ1n) is 14.1. The highest BCUT2D eigenvalue weighted by Crippen LogP contribution is 2.23. The van der Waals surface area contributed by atoms with Gasteiger partial charge in [0, 0.05) is 6.42 Å². The van der Waals surface area contributed by atoms with Crippen LogP contribution in [0.25, 0.3) is 0 Å². The van der Waals surface area contributed by atoms with E-state index in [0.717, 1.165) is 12.8 Å². The predicted molar refractivity (Wildman–Crippen MR) is 136 cm³/mol. The average Bonchev–Trinajstić information content (AvgIpc) is 2.80. The molecule has 0 spiro atoms. The van der Waals surface area contributed by atoms with Crippen molar-refractivity contribution in [3.05, 3.63) is 0 Å². The van der Waals surface area contributed by atoms with E-state index in [0.29, 0.717) is 12.3 Å². The molecule has 0 amide bonds. The molecular formula is C28H56O4. The number of carbonyl (C=O) groups is 1. The van der Waals surface area contributed by atoms with Gasteiger partial charge in [0.25, 0.3) is 0 Å². The minimum atomic E-state index is -0.966. The van der Waals surface area contributed by atoms with Crippen LogP contribution in [0.3, 0.4) is 0 Å². The van der Waals surface area contributed by atoms with Crippen LogP contribution in [0.2, 0.25) is 0 Å². The van der Waals surface area contributed by atoms with E-state index in [2.05, 4.69) is 13.8 Å². The molecule has 0 rings (SSSR count). The van der Waals surface area contributed by atoms with Gasteiger partial charge in [-0.15, -0.1) is 0 Å². The predicted octanol–water partition coefficient (Wildman–Crippen LogP) is 7.73. The molecule has 192 valence electrons. The van der Waals surface area contributed by atoms with Crippen LogP contribution in [0.1, 0.15) is 149 Å². The lowest BCUT2D eigenvalue weighted by atomic mass is 9.91. The van der Waals surface area contributed by atoms with Gasteiger partial charge in [-0.1, -0.05) is 129 Å². The number of carbonyl (C=O) groups excluding carboxylic acids is 1. The molecule has 2 N–H and O–H groups in total. The Morgan fingerprint density at radius 1 is 0.656 bits per heavy atom. The molecule has 0 fully saturated rings. The Morgan fingerprint density at radius 2 is 1.03 bits per heavy atom. The molecule has 2 unspecified atom stereocenters. The van der Waals surface area contributed by atoms with Crippen LogP contribution >= 0.6 is 0 Å². The monoisotopic (exact) mass is 456 g/mol. The van der Waals surface area contributed by atoms with Crippen LogP contribution in [-0.4, -0.2) is 35.5 Å². The van der Waals surface area contributed by atoms with E-state index < -0.39 is 6.10 Å². The largest absolute Gasteiger partial charge is 0.463 e. The van der Waals surface area contributed by atoms with Gasteiger partial charge in [0.05, 0.1) is 6.61 Å². The zero-order valence-electron chi connectivity index (χ0n) is 21.6. The Hall–Kier alpha value is -0.610. The number of hydrogen-bond acceptors (Lipinski definition) is 4. The number of unbranched alkanes of at least 4 members (excludes halogenated alkanes) is 16. The molecule has 0 aliphatic rings. The first-order chi connectivity index (χ1) is 15.6. The molecule has 0 aromatic heterocycles. The third kappa shape index (κ3) is 22.6. The summed E-state index contributed by atoms with van der Waals surface area (Å²) in [5, 5.41) is 18.3. The normalized spacial score (nSPS) is 13.2. The number of aliphatic hydroxyl groups excluding tert-OH is 2. The second-order valence-electron chi connectivity index (χ2n) is 9.82. The summed E-state index contributed by atoms with van der Waals surface area (Å²) in [5.41, 5.74) is 0. The summed E-state index contributed by atoms with van der Waals surface area (Å²) in [6.45, 7) is 4.05. The van der Waals surface area contributed by atoms with E-state index in [1.54, 1.807) is 0 Å². The lowest BCUT2D eigenvalue weighted by Gasteiger charge is -2.17. The SMILES string of the molecule is CCCCCCCCCCCCC(CCCCCCCCCC)CC(=O)OCC(O)CO. The second-order valence-corrected chi connectivity index (χ2v) is 9.82. The zero-order valence-corrected chi connectivity index (χ0v) is 21.6. The maximum Gasteiger partial charge on any atom is 0.306 e. The molecule has 4 heteroatoms. The molecular weight excluding hydrogens is 400 g/mol. The summed E-state index contributed by atoms with van der Waals surface area (Å²) in [6.07, 6.45) is 25.5. The van der Waals surface area contributed by atoms with Crippen LogP contribution in [-0.2, 0) is 9.53 Å². The highest BCUT2D eigenvalue weighted by atomic mass is 16.5. The molecule has 0 heterocycles. The van der Waals surface area contributed by atoms with E-state index in [4.69, 9.17) is 9.84 Å². The maximum absolute atomic E-state index is 12.2. The summed E-state index contributed by atoms with van der Waals surface area (Å²) in [6, 6.07) is 0. The first-order valence-corrected chi connectivity index (χ1v) is 14.1. The lowest BCUT2D eigenvalue weighted by molar-refractivity contribution is -0.148. The fourth-order valence-electron chi connectivity index (χ4n) is 4.37. The van der Waals surface area contributed by atoms with Crippen molar-refractivity contribution >= 4 is 5.97 Å². The standard InChI is InChI=1S/C28H56O4/c1-3-5-7-9-11-13-14-16-18-20-22-26(23-28(31)32-25-27(30)24-29)21-19-17-15-12-10-8-6-4-2/h26-27,29-30H,3-25H2,1-2H3. The second kappa shape index (κ2) is 25.0. The fraction of sp³-hybridized carbons (Fsp3) is 0.964. The lowest BCUT2D eigenvalue weighted by Crippen LogP contribution is -2.23. The molecule has 0 aliphatic carbocycles. The molecule has 4 nitrogen and oxygen atoms in total. The number of aliphatic hydroxyl groups is 2. The van der Waals surface area contributed by atoms with Crippen LogP contribution in [0.4, 0.5) is 0 Å². The van der Waals surface area contributed by atoms with E-state index in [1.807, 2.05) is 0 Å². The van der Waals surface area contributed by atoms with E-state index in [-0.39, 0.29) is 19.2 Å². The van der Waals surface area contributed by atoms with Crippen molar-refractivity contribution in [2.45, 2.75) is 155 Å². The van der Waals surface area contributed by atoms with Gasteiger partial charge >= 0.3 is 5.97 Å². The number of esters is 1. The van der Waals surface area contributed by atoms with Crippen molar-refractivity contribution in [2.75, 3.05) is 13.2 Å². The smallest absolute Gasteiger partial charge is 0.306 e. The van der Waals surface area contributed by atoms with E-state index in [9.17, 15) is 9.90 Å². The van der Waals surface area contributed by atoms with Gasteiger partial charge in [-0.25, -0.2) is 0 Å². The Labute approximate surface area is 199 Å². The topological polar surface area (TPSA) is 66.8 Å². The zero-order chi connectivity index (χ0) is 23.7. The van der Waals surface area contributed by atoms with Gasteiger partial charge in [-0.05, 0) is 18.8 Å². The van der Waals surface area contributed by atoms with E-state index in [1.165, 1.54) is 116 Å². The van der Waals surface area contributed by atoms with Gasteiger partial charge in [-0.3, -0.25) is 4.79 Å². The summed E-state index contributed by atoms with van der Waals surface area (Å²) in [5.74, 6) is 0.164. The van der Waals surface area contributed by atoms with Crippen LogP contribution in [0.5, 0.6) is 0 Å². The summed E-state index contributed by atoms with van der Waals surface area (Å²) in [4.78, 5) is 12.2. The quantitative estimate of drug-likeness (QED) is 0.109. The first kappa shape index (κ1) is 31.4. The average molecular weight is 457 g/mol. The van der Waals surface area contributed by atoms with Gasteiger partial charge in [0.2, 0.25) is 0 Å². The van der Waals surface area contributed by atoms with Crippen LogP contribution in [0, 0.1) is 5.92 Å². The van der Waals surface area contributed by atoms with Crippen molar-refractivity contribution in [1.82, 2.24) is 0 Å². The van der Waals surface area contributed by atoms with Gasteiger partial charge in [0.15, 0.2) is 0 Å².